The first-order valence-corrected chi connectivity index (χ1v) is 4.26. The molecule has 0 heterocycles. The third-order valence-corrected chi connectivity index (χ3v) is 3.09. The molecule has 1 unspecified atom stereocenters. The number of nitriles is 1. The highest BCUT2D eigenvalue weighted by Crippen LogP contribution is 2.42. The summed E-state index contributed by atoms with van der Waals surface area (Å²) < 4.78 is 0. The molecule has 0 aromatic rings. The van der Waals surface area contributed by atoms with Gasteiger partial charge in [-0.1, -0.05) is 0 Å². The number of fused-ring (bicyclic) bond motifs is 3. The predicted octanol–water partition coefficient (Wildman–Crippen LogP) is 1.52. The first-order valence-electron chi connectivity index (χ1n) is 4.26. The van der Waals surface area contributed by atoms with Crippen molar-refractivity contribution in [3.8, 4) is 6.07 Å². The number of ketones is 1. The van der Waals surface area contributed by atoms with E-state index in [2.05, 4.69) is 6.07 Å². The van der Waals surface area contributed by atoms with Crippen molar-refractivity contribution in [2.45, 2.75) is 25.7 Å². The minimum atomic E-state index is -0.248. The second-order valence-corrected chi connectivity index (χ2v) is 3.62. The van der Waals surface area contributed by atoms with Gasteiger partial charge in [-0.15, -0.1) is 0 Å². The van der Waals surface area contributed by atoms with E-state index in [0.717, 1.165) is 25.7 Å². The van der Waals surface area contributed by atoms with E-state index in [1.807, 2.05) is 0 Å². The zero-order chi connectivity index (χ0) is 7.84. The van der Waals surface area contributed by atoms with Crippen molar-refractivity contribution in [3.05, 3.63) is 0 Å². The molecule has 0 spiro atoms. The summed E-state index contributed by atoms with van der Waals surface area (Å²) in [5.41, 5.74) is 0. The van der Waals surface area contributed by atoms with Crippen LogP contribution in [-0.2, 0) is 4.79 Å². The Morgan fingerprint density at radius 3 is 2.27 bits per heavy atom. The van der Waals surface area contributed by atoms with E-state index in [0.29, 0.717) is 5.92 Å². The fourth-order valence-electron chi connectivity index (χ4n) is 2.39. The third-order valence-electron chi connectivity index (χ3n) is 3.09. The van der Waals surface area contributed by atoms with Crippen LogP contribution in [0.3, 0.4) is 0 Å². The molecule has 0 amide bonds. The number of hydrogen-bond donors (Lipinski definition) is 0. The van der Waals surface area contributed by atoms with Gasteiger partial charge in [-0.05, 0) is 31.6 Å². The lowest BCUT2D eigenvalue weighted by molar-refractivity contribution is -0.132. The Morgan fingerprint density at radius 2 is 1.91 bits per heavy atom. The fourth-order valence-corrected chi connectivity index (χ4v) is 2.39. The van der Waals surface area contributed by atoms with Crippen molar-refractivity contribution < 1.29 is 4.79 Å². The molecule has 2 nitrogen and oxygen atoms in total. The lowest BCUT2D eigenvalue weighted by Gasteiger charge is -2.37. The lowest BCUT2D eigenvalue weighted by atomic mass is 9.64. The molecule has 0 aromatic heterocycles. The van der Waals surface area contributed by atoms with Gasteiger partial charge in [-0.2, -0.15) is 5.26 Å². The van der Waals surface area contributed by atoms with E-state index in [-0.39, 0.29) is 17.6 Å². The Hall–Kier alpha value is -0.840. The summed E-state index contributed by atoms with van der Waals surface area (Å²) in [6, 6.07) is 2.14. The first-order chi connectivity index (χ1) is 5.33. The summed E-state index contributed by atoms with van der Waals surface area (Å²) in [5.74, 6) is 0.625. The highest BCUT2D eigenvalue weighted by Gasteiger charge is 2.42. The second kappa shape index (κ2) is 2.34. The van der Waals surface area contributed by atoms with Crippen molar-refractivity contribution in [1.29, 1.82) is 5.26 Å². The van der Waals surface area contributed by atoms with Crippen molar-refractivity contribution in [2.24, 2.45) is 17.8 Å². The summed E-state index contributed by atoms with van der Waals surface area (Å²) in [4.78, 5) is 11.4. The summed E-state index contributed by atoms with van der Waals surface area (Å²) >= 11 is 0. The number of Topliss-reactive ketones (excluding diaryl/α,β-unsaturated/α-hetero) is 1. The molecule has 3 aliphatic carbocycles. The van der Waals surface area contributed by atoms with E-state index in [4.69, 9.17) is 5.26 Å². The van der Waals surface area contributed by atoms with Gasteiger partial charge in [0.2, 0.25) is 0 Å². The van der Waals surface area contributed by atoms with E-state index >= 15 is 0 Å². The molecular weight excluding hydrogens is 138 g/mol. The van der Waals surface area contributed by atoms with Gasteiger partial charge in [0.15, 0.2) is 5.78 Å². The van der Waals surface area contributed by atoms with E-state index in [1.165, 1.54) is 0 Å². The standard InChI is InChI=1S/C9H11NO/c10-5-8-6-1-3-7(4-2-6)9(8)11/h6-8H,1-4H2. The van der Waals surface area contributed by atoms with Gasteiger partial charge in [-0.25, -0.2) is 0 Å². The van der Waals surface area contributed by atoms with Crippen molar-refractivity contribution in [3.63, 3.8) is 0 Å². The molecule has 3 saturated carbocycles. The zero-order valence-corrected chi connectivity index (χ0v) is 6.42. The lowest BCUT2D eigenvalue weighted by Crippen LogP contribution is -2.39. The van der Waals surface area contributed by atoms with Gasteiger partial charge in [0.1, 0.15) is 5.92 Å². The van der Waals surface area contributed by atoms with Crippen LogP contribution in [0, 0.1) is 29.1 Å². The molecular formula is C9H11NO. The quantitative estimate of drug-likeness (QED) is 0.524. The average Bonchev–Trinajstić information content (AvgIpc) is 2.06. The van der Waals surface area contributed by atoms with Crippen molar-refractivity contribution >= 4 is 5.78 Å². The van der Waals surface area contributed by atoms with Gasteiger partial charge in [-0.3, -0.25) is 4.79 Å². The SMILES string of the molecule is N#CC1C(=O)C2CCC1CC2. The molecule has 2 heteroatoms. The molecule has 0 aromatic carbocycles. The van der Waals surface area contributed by atoms with Crippen molar-refractivity contribution in [1.82, 2.24) is 0 Å². The van der Waals surface area contributed by atoms with Gasteiger partial charge in [0, 0.05) is 5.92 Å². The van der Waals surface area contributed by atoms with Crippen LogP contribution in [-0.4, -0.2) is 5.78 Å². The molecule has 0 radical (unpaired) electrons. The molecule has 58 valence electrons. The maximum absolute atomic E-state index is 11.4. The molecule has 11 heavy (non-hydrogen) atoms. The molecule has 3 aliphatic rings. The van der Waals surface area contributed by atoms with Crippen LogP contribution < -0.4 is 0 Å². The van der Waals surface area contributed by atoms with Gasteiger partial charge >= 0.3 is 0 Å². The first kappa shape index (κ1) is 6.84. The molecule has 1 atom stereocenters. The van der Waals surface area contributed by atoms with Crippen LogP contribution in [0.4, 0.5) is 0 Å². The zero-order valence-electron chi connectivity index (χ0n) is 6.42. The number of hydrogen-bond acceptors (Lipinski definition) is 2. The van der Waals surface area contributed by atoms with Gasteiger partial charge < -0.3 is 0 Å². The second-order valence-electron chi connectivity index (χ2n) is 3.62. The minimum Gasteiger partial charge on any atom is -0.298 e. The van der Waals surface area contributed by atoms with Crippen LogP contribution in [0.5, 0.6) is 0 Å². The number of carbonyl (C=O) groups excluding carboxylic acids is 1. The monoisotopic (exact) mass is 149 g/mol. The van der Waals surface area contributed by atoms with E-state index in [1.54, 1.807) is 0 Å². The third kappa shape index (κ3) is 0.875. The van der Waals surface area contributed by atoms with Gasteiger partial charge in [0.25, 0.3) is 0 Å². The maximum Gasteiger partial charge on any atom is 0.153 e. The minimum absolute atomic E-state index is 0.231. The summed E-state index contributed by atoms with van der Waals surface area (Å²) in [7, 11) is 0. The summed E-state index contributed by atoms with van der Waals surface area (Å²) in [6.07, 6.45) is 4.30. The molecule has 0 N–H and O–H groups in total. The molecule has 0 aliphatic heterocycles. The predicted molar refractivity (Wildman–Crippen MR) is 39.6 cm³/mol. The number of rotatable bonds is 0. The highest BCUT2D eigenvalue weighted by atomic mass is 16.1. The maximum atomic E-state index is 11.4. The fraction of sp³-hybridized carbons (Fsp3) is 0.778. The molecule has 0 saturated heterocycles. The van der Waals surface area contributed by atoms with Crippen molar-refractivity contribution in [2.75, 3.05) is 0 Å². The topological polar surface area (TPSA) is 40.9 Å². The summed E-state index contributed by atoms with van der Waals surface area (Å²) in [5, 5.41) is 8.71. The van der Waals surface area contributed by atoms with E-state index in [9.17, 15) is 4.79 Å². The Labute approximate surface area is 66.2 Å². The Bertz CT molecular complexity index is 220. The van der Waals surface area contributed by atoms with Crippen LogP contribution in [0.1, 0.15) is 25.7 Å². The van der Waals surface area contributed by atoms with Crippen LogP contribution in [0.25, 0.3) is 0 Å². The van der Waals surface area contributed by atoms with Gasteiger partial charge in [0.05, 0.1) is 6.07 Å². The molecule has 2 bridgehead atoms. The Kier molecular flexibility index (Phi) is 1.45. The largest absolute Gasteiger partial charge is 0.298 e. The Balaban J connectivity index is 2.24. The molecule has 3 rings (SSSR count). The average molecular weight is 149 g/mol. The highest BCUT2D eigenvalue weighted by molar-refractivity contribution is 5.87. The summed E-state index contributed by atoms with van der Waals surface area (Å²) in [6.45, 7) is 0. The normalized spacial score (nSPS) is 42.1. The van der Waals surface area contributed by atoms with Crippen LogP contribution >= 0.6 is 0 Å². The Morgan fingerprint density at radius 1 is 1.27 bits per heavy atom. The van der Waals surface area contributed by atoms with Crippen LogP contribution in [0.2, 0.25) is 0 Å². The number of nitrogens with zero attached hydrogens (tertiary/aromatic N) is 1. The van der Waals surface area contributed by atoms with Crippen LogP contribution in [0.15, 0.2) is 0 Å². The molecule has 3 fully saturated rings. The number of carbonyl (C=O) groups is 1. The smallest absolute Gasteiger partial charge is 0.153 e. The van der Waals surface area contributed by atoms with E-state index < -0.39 is 0 Å².